The van der Waals surface area contributed by atoms with Gasteiger partial charge < -0.3 is 5.73 Å². The first kappa shape index (κ1) is 12.1. The van der Waals surface area contributed by atoms with Crippen LogP contribution in [-0.2, 0) is 5.41 Å². The normalized spacial score (nSPS) is 14.3. The fourth-order valence-corrected chi connectivity index (χ4v) is 1.35. The summed E-state index contributed by atoms with van der Waals surface area (Å²) in [6.07, 6.45) is -2.51. The molecule has 0 bridgehead atoms. The Hall–Kier alpha value is -0.960. The Morgan fingerprint density at radius 2 is 1.53 bits per heavy atom. The molecule has 0 amide bonds. The largest absolute Gasteiger partial charge is 0.319 e. The minimum absolute atomic E-state index is 0.0352. The maximum absolute atomic E-state index is 12.3. The van der Waals surface area contributed by atoms with Gasteiger partial charge in [-0.2, -0.15) is 0 Å². The van der Waals surface area contributed by atoms with Gasteiger partial charge in [0.2, 0.25) is 0 Å². The van der Waals surface area contributed by atoms with Gasteiger partial charge in [-0.25, -0.2) is 8.78 Å². The minimum Gasteiger partial charge on any atom is -0.319 e. The van der Waals surface area contributed by atoms with E-state index in [1.807, 2.05) is 12.1 Å². The Kier molecular flexibility index (Phi) is 3.45. The summed E-state index contributed by atoms with van der Waals surface area (Å²) >= 11 is 0. The van der Waals surface area contributed by atoms with Crippen LogP contribution in [0.4, 0.5) is 8.78 Å². The van der Waals surface area contributed by atoms with Gasteiger partial charge >= 0.3 is 0 Å². The lowest BCUT2D eigenvalue weighted by Gasteiger charge is -2.20. The van der Waals surface area contributed by atoms with E-state index in [9.17, 15) is 8.78 Å². The topological polar surface area (TPSA) is 26.0 Å². The number of rotatable bonds is 2. The zero-order chi connectivity index (χ0) is 11.6. The summed E-state index contributed by atoms with van der Waals surface area (Å²) in [5.74, 6) is 0. The van der Waals surface area contributed by atoms with Gasteiger partial charge in [-0.1, -0.05) is 45.0 Å². The van der Waals surface area contributed by atoms with Crippen LogP contribution in [0.15, 0.2) is 24.3 Å². The molecule has 0 saturated carbocycles. The molecule has 1 aromatic carbocycles. The molecular formula is C12H17F2N. The van der Waals surface area contributed by atoms with Crippen LogP contribution in [0.5, 0.6) is 0 Å². The van der Waals surface area contributed by atoms with Gasteiger partial charge in [0.1, 0.15) is 0 Å². The van der Waals surface area contributed by atoms with E-state index in [0.29, 0.717) is 5.56 Å². The van der Waals surface area contributed by atoms with Gasteiger partial charge in [0.15, 0.2) is 0 Å². The van der Waals surface area contributed by atoms with Crippen molar-refractivity contribution in [1.29, 1.82) is 0 Å². The SMILES string of the molecule is CC(C)(C)c1ccc([C@H](N)C(F)F)cc1. The Morgan fingerprint density at radius 3 is 1.87 bits per heavy atom. The van der Waals surface area contributed by atoms with Crippen molar-refractivity contribution in [3.8, 4) is 0 Å². The van der Waals surface area contributed by atoms with Gasteiger partial charge in [-0.15, -0.1) is 0 Å². The van der Waals surface area contributed by atoms with Crippen LogP contribution in [0.25, 0.3) is 0 Å². The van der Waals surface area contributed by atoms with Gasteiger partial charge in [-0.05, 0) is 16.5 Å². The number of benzene rings is 1. The van der Waals surface area contributed by atoms with Crippen molar-refractivity contribution in [2.24, 2.45) is 5.73 Å². The first-order valence-corrected chi connectivity index (χ1v) is 4.96. The molecule has 1 atom stereocenters. The molecule has 0 unspecified atom stereocenters. The second-order valence-electron chi connectivity index (χ2n) is 4.73. The quantitative estimate of drug-likeness (QED) is 0.801. The molecule has 15 heavy (non-hydrogen) atoms. The van der Waals surface area contributed by atoms with E-state index < -0.39 is 12.5 Å². The molecule has 1 aromatic rings. The predicted octanol–water partition coefficient (Wildman–Crippen LogP) is 3.25. The van der Waals surface area contributed by atoms with E-state index in [-0.39, 0.29) is 5.41 Å². The van der Waals surface area contributed by atoms with Gasteiger partial charge in [-0.3, -0.25) is 0 Å². The average Bonchev–Trinajstić information content (AvgIpc) is 2.15. The highest BCUT2D eigenvalue weighted by atomic mass is 19.3. The van der Waals surface area contributed by atoms with Crippen LogP contribution in [0.1, 0.15) is 37.9 Å². The van der Waals surface area contributed by atoms with Gasteiger partial charge in [0.25, 0.3) is 6.43 Å². The number of hydrogen-bond acceptors (Lipinski definition) is 1. The fraction of sp³-hybridized carbons (Fsp3) is 0.500. The van der Waals surface area contributed by atoms with E-state index in [1.165, 1.54) is 0 Å². The highest BCUT2D eigenvalue weighted by molar-refractivity contribution is 5.29. The van der Waals surface area contributed by atoms with E-state index >= 15 is 0 Å². The maximum Gasteiger partial charge on any atom is 0.257 e. The molecule has 1 rings (SSSR count). The molecule has 2 N–H and O–H groups in total. The lowest BCUT2D eigenvalue weighted by atomic mass is 9.86. The number of alkyl halides is 2. The summed E-state index contributed by atoms with van der Waals surface area (Å²) in [5, 5.41) is 0. The van der Waals surface area contributed by atoms with Crippen LogP contribution < -0.4 is 5.73 Å². The van der Waals surface area contributed by atoms with E-state index in [4.69, 9.17) is 5.73 Å². The van der Waals surface area contributed by atoms with E-state index in [1.54, 1.807) is 12.1 Å². The summed E-state index contributed by atoms with van der Waals surface area (Å²) in [6, 6.07) is 5.89. The molecule has 3 heteroatoms. The molecular weight excluding hydrogens is 196 g/mol. The Morgan fingerprint density at radius 1 is 1.07 bits per heavy atom. The fourth-order valence-electron chi connectivity index (χ4n) is 1.35. The highest BCUT2D eigenvalue weighted by Crippen LogP contribution is 2.24. The smallest absolute Gasteiger partial charge is 0.257 e. The summed E-state index contributed by atoms with van der Waals surface area (Å²) < 4.78 is 24.6. The molecule has 0 spiro atoms. The molecule has 0 aliphatic rings. The molecule has 0 saturated heterocycles. The van der Waals surface area contributed by atoms with Gasteiger partial charge in [0, 0.05) is 0 Å². The Labute approximate surface area is 89.3 Å². The molecule has 0 fully saturated rings. The lowest BCUT2D eigenvalue weighted by molar-refractivity contribution is 0.116. The van der Waals surface area contributed by atoms with Crippen molar-refractivity contribution in [2.75, 3.05) is 0 Å². The first-order chi connectivity index (χ1) is 6.82. The second-order valence-corrected chi connectivity index (χ2v) is 4.73. The Bertz CT molecular complexity index is 311. The second kappa shape index (κ2) is 4.27. The van der Waals surface area contributed by atoms with Crippen LogP contribution in [-0.4, -0.2) is 6.43 Å². The zero-order valence-electron chi connectivity index (χ0n) is 9.30. The van der Waals surface area contributed by atoms with Gasteiger partial charge in [0.05, 0.1) is 6.04 Å². The highest BCUT2D eigenvalue weighted by Gasteiger charge is 2.18. The van der Waals surface area contributed by atoms with Crippen LogP contribution in [0.3, 0.4) is 0 Å². The zero-order valence-corrected chi connectivity index (χ0v) is 9.30. The van der Waals surface area contributed by atoms with Crippen molar-refractivity contribution in [2.45, 2.75) is 38.7 Å². The molecule has 0 radical (unpaired) electrons. The van der Waals surface area contributed by atoms with Crippen LogP contribution in [0.2, 0.25) is 0 Å². The molecule has 0 aromatic heterocycles. The first-order valence-electron chi connectivity index (χ1n) is 4.96. The number of nitrogens with two attached hydrogens (primary N) is 1. The van der Waals surface area contributed by atoms with Crippen molar-refractivity contribution in [1.82, 2.24) is 0 Å². The third kappa shape index (κ3) is 2.99. The summed E-state index contributed by atoms with van der Waals surface area (Å²) in [4.78, 5) is 0. The monoisotopic (exact) mass is 213 g/mol. The number of hydrogen-bond donors (Lipinski definition) is 1. The lowest BCUT2D eigenvalue weighted by Crippen LogP contribution is -2.19. The third-order valence-electron chi connectivity index (χ3n) is 2.43. The molecule has 0 aliphatic carbocycles. The summed E-state index contributed by atoms with van der Waals surface area (Å²) in [5.41, 5.74) is 6.98. The number of halogens is 2. The van der Waals surface area contributed by atoms with Crippen LogP contribution >= 0.6 is 0 Å². The van der Waals surface area contributed by atoms with Crippen molar-refractivity contribution in [3.05, 3.63) is 35.4 Å². The summed E-state index contributed by atoms with van der Waals surface area (Å²) in [7, 11) is 0. The molecule has 84 valence electrons. The predicted molar refractivity (Wildman–Crippen MR) is 58.1 cm³/mol. The summed E-state index contributed by atoms with van der Waals surface area (Å²) in [6.45, 7) is 6.24. The molecule has 0 aliphatic heterocycles. The average molecular weight is 213 g/mol. The molecule has 1 nitrogen and oxygen atoms in total. The van der Waals surface area contributed by atoms with Crippen molar-refractivity contribution < 1.29 is 8.78 Å². The van der Waals surface area contributed by atoms with E-state index in [2.05, 4.69) is 20.8 Å². The Balaban J connectivity index is 2.91. The minimum atomic E-state index is -2.51. The van der Waals surface area contributed by atoms with Crippen molar-refractivity contribution in [3.63, 3.8) is 0 Å². The van der Waals surface area contributed by atoms with Crippen molar-refractivity contribution >= 4 is 0 Å². The standard InChI is InChI=1S/C12H17F2N/c1-12(2,3)9-6-4-8(5-7-9)10(15)11(13)14/h4-7,10-11H,15H2,1-3H3/t10-/m0/s1. The van der Waals surface area contributed by atoms with E-state index in [0.717, 1.165) is 5.56 Å². The third-order valence-corrected chi connectivity index (χ3v) is 2.43. The maximum atomic E-state index is 12.3. The van der Waals surface area contributed by atoms with Crippen LogP contribution in [0, 0.1) is 0 Å². The molecule has 0 heterocycles.